The smallest absolute Gasteiger partial charge is 0.457 e. The largest absolute Gasteiger partial charge is 0.472 e. The average Bonchev–Trinajstić information content (AvgIpc) is 3.24. The van der Waals surface area contributed by atoms with E-state index in [1.54, 1.807) is 0 Å². The number of carbonyl (C=O) groups excluding carboxylic acids is 1. The molecule has 2 atom stereocenters. The standard InChI is InChI=1S/C51H100NO7P/c1-3-5-7-9-11-13-15-17-19-21-23-24-25-26-27-29-31-33-35-37-39-41-43-46-56-48-50(49-58-60(54,55)57-47-45-52)59-51(53)44-42-40-38-36-34-32-30-28-22-20-18-16-14-12-10-8-6-4-2/h14,16,20,22,50H,3-13,15,17-19,21,23-49,52H2,1-2H3,(H,54,55)/b16-14-,22-20-. The van der Waals surface area contributed by atoms with Gasteiger partial charge >= 0.3 is 13.8 Å². The third kappa shape index (κ3) is 48.0. The van der Waals surface area contributed by atoms with Crippen molar-refractivity contribution in [2.24, 2.45) is 5.73 Å². The van der Waals surface area contributed by atoms with E-state index in [0.717, 1.165) is 44.9 Å². The predicted octanol–water partition coefficient (Wildman–Crippen LogP) is 16.0. The number of phosphoric ester groups is 1. The molecule has 0 radical (unpaired) electrons. The number of allylic oxidation sites excluding steroid dienone is 4. The van der Waals surface area contributed by atoms with Crippen LogP contribution in [0.5, 0.6) is 0 Å². The molecule has 0 saturated heterocycles. The summed E-state index contributed by atoms with van der Waals surface area (Å²) < 4.78 is 33.6. The summed E-state index contributed by atoms with van der Waals surface area (Å²) in [5.41, 5.74) is 5.39. The number of esters is 1. The summed E-state index contributed by atoms with van der Waals surface area (Å²) in [6.45, 7) is 4.95. The summed E-state index contributed by atoms with van der Waals surface area (Å²) in [7, 11) is -4.28. The minimum Gasteiger partial charge on any atom is -0.457 e. The lowest BCUT2D eigenvalue weighted by molar-refractivity contribution is -0.154. The molecule has 0 aliphatic carbocycles. The van der Waals surface area contributed by atoms with E-state index in [-0.39, 0.29) is 32.3 Å². The molecule has 0 amide bonds. The summed E-state index contributed by atoms with van der Waals surface area (Å²) >= 11 is 0. The molecule has 0 aliphatic rings. The van der Waals surface area contributed by atoms with E-state index in [1.807, 2.05) is 0 Å². The SMILES string of the molecule is CCCCCC/C=C\C/C=C\CCCCCCCCCC(=O)OC(COCCCCCCCCCCCCCCCCCCCCCCCCC)COP(=O)(O)OCCN. The van der Waals surface area contributed by atoms with Crippen LogP contribution in [0, 0.1) is 0 Å². The first-order valence-corrected chi connectivity index (χ1v) is 27.3. The summed E-state index contributed by atoms with van der Waals surface area (Å²) in [4.78, 5) is 22.6. The van der Waals surface area contributed by atoms with E-state index >= 15 is 0 Å². The number of carbonyl (C=O) groups is 1. The average molecular weight is 870 g/mol. The van der Waals surface area contributed by atoms with E-state index in [4.69, 9.17) is 24.3 Å². The summed E-state index contributed by atoms with van der Waals surface area (Å²) in [5, 5.41) is 0. The Kier molecular flexibility index (Phi) is 48.2. The second-order valence-electron chi connectivity index (χ2n) is 17.4. The molecule has 0 aromatic heterocycles. The van der Waals surface area contributed by atoms with Gasteiger partial charge in [0.2, 0.25) is 0 Å². The second kappa shape index (κ2) is 49.0. The fourth-order valence-electron chi connectivity index (χ4n) is 7.56. The fraction of sp³-hybridized carbons (Fsp3) is 0.902. The Balaban J connectivity index is 3.90. The lowest BCUT2D eigenvalue weighted by atomic mass is 10.0. The first-order chi connectivity index (χ1) is 29.4. The number of phosphoric acid groups is 1. The maximum atomic E-state index is 12.6. The Morgan fingerprint density at radius 1 is 0.500 bits per heavy atom. The molecule has 3 N–H and O–H groups in total. The lowest BCUT2D eigenvalue weighted by Crippen LogP contribution is -2.28. The Morgan fingerprint density at radius 2 is 0.883 bits per heavy atom. The highest BCUT2D eigenvalue weighted by Crippen LogP contribution is 2.43. The maximum absolute atomic E-state index is 12.6. The molecular weight excluding hydrogens is 770 g/mol. The van der Waals surface area contributed by atoms with Gasteiger partial charge in [0.15, 0.2) is 0 Å². The summed E-state index contributed by atoms with van der Waals surface area (Å²) in [6.07, 6.45) is 56.4. The minimum absolute atomic E-state index is 0.0948. The van der Waals surface area contributed by atoms with Gasteiger partial charge in [0.05, 0.1) is 19.8 Å². The van der Waals surface area contributed by atoms with Gasteiger partial charge in [-0.3, -0.25) is 13.8 Å². The van der Waals surface area contributed by atoms with Crippen molar-refractivity contribution in [1.29, 1.82) is 0 Å². The van der Waals surface area contributed by atoms with Gasteiger partial charge in [-0.05, 0) is 44.9 Å². The molecular formula is C51H100NO7P. The van der Waals surface area contributed by atoms with E-state index in [1.165, 1.54) is 193 Å². The number of ether oxygens (including phenoxy) is 2. The molecule has 0 spiro atoms. The van der Waals surface area contributed by atoms with Crippen molar-refractivity contribution in [3.8, 4) is 0 Å². The van der Waals surface area contributed by atoms with Gasteiger partial charge < -0.3 is 20.1 Å². The third-order valence-corrected chi connectivity index (χ3v) is 12.4. The Labute approximate surface area is 372 Å². The summed E-state index contributed by atoms with van der Waals surface area (Å²) in [5.74, 6) is -0.333. The molecule has 9 heteroatoms. The molecule has 2 unspecified atom stereocenters. The summed E-state index contributed by atoms with van der Waals surface area (Å²) in [6, 6.07) is 0. The van der Waals surface area contributed by atoms with Crippen molar-refractivity contribution >= 4 is 13.8 Å². The number of unbranched alkanes of at least 4 members (excludes halogenated alkanes) is 33. The zero-order valence-corrected chi connectivity index (χ0v) is 40.6. The predicted molar refractivity (Wildman–Crippen MR) is 257 cm³/mol. The van der Waals surface area contributed by atoms with E-state index in [0.29, 0.717) is 13.0 Å². The number of hydrogen-bond acceptors (Lipinski definition) is 7. The van der Waals surface area contributed by atoms with Gasteiger partial charge in [0, 0.05) is 19.6 Å². The van der Waals surface area contributed by atoms with Crippen molar-refractivity contribution < 1.29 is 32.8 Å². The van der Waals surface area contributed by atoms with Crippen LogP contribution in [0.25, 0.3) is 0 Å². The Bertz CT molecular complexity index is 977. The topological polar surface area (TPSA) is 117 Å². The van der Waals surface area contributed by atoms with Gasteiger partial charge in [0.25, 0.3) is 0 Å². The molecule has 0 heterocycles. The van der Waals surface area contributed by atoms with Gasteiger partial charge in [0.1, 0.15) is 6.10 Å². The lowest BCUT2D eigenvalue weighted by Gasteiger charge is -2.20. The van der Waals surface area contributed by atoms with Crippen LogP contribution in [0.3, 0.4) is 0 Å². The molecule has 356 valence electrons. The van der Waals surface area contributed by atoms with Crippen LogP contribution in [-0.4, -0.2) is 49.9 Å². The monoisotopic (exact) mass is 870 g/mol. The molecule has 0 bridgehead atoms. The van der Waals surface area contributed by atoms with Crippen molar-refractivity contribution in [3.05, 3.63) is 24.3 Å². The second-order valence-corrected chi connectivity index (χ2v) is 18.8. The third-order valence-electron chi connectivity index (χ3n) is 11.4. The molecule has 8 nitrogen and oxygen atoms in total. The molecule has 0 aromatic rings. The zero-order valence-electron chi connectivity index (χ0n) is 39.7. The van der Waals surface area contributed by atoms with Crippen LogP contribution in [0.1, 0.15) is 258 Å². The van der Waals surface area contributed by atoms with E-state index < -0.39 is 13.9 Å². The molecule has 0 aliphatic heterocycles. The number of nitrogens with two attached hydrogens (primary N) is 1. The zero-order chi connectivity index (χ0) is 43.7. The first-order valence-electron chi connectivity index (χ1n) is 25.8. The quantitative estimate of drug-likeness (QED) is 0.0269. The normalized spacial score (nSPS) is 13.5. The van der Waals surface area contributed by atoms with E-state index in [2.05, 4.69) is 38.2 Å². The molecule has 0 fully saturated rings. The maximum Gasteiger partial charge on any atom is 0.472 e. The first kappa shape index (κ1) is 59.0. The van der Waals surface area contributed by atoms with Crippen LogP contribution < -0.4 is 5.73 Å². The van der Waals surface area contributed by atoms with Crippen LogP contribution in [0.2, 0.25) is 0 Å². The number of rotatable bonds is 50. The van der Waals surface area contributed by atoms with Crippen LogP contribution in [0.4, 0.5) is 0 Å². The molecule has 0 saturated carbocycles. The highest BCUT2D eigenvalue weighted by Gasteiger charge is 2.25. The number of hydrogen-bond donors (Lipinski definition) is 2. The molecule has 60 heavy (non-hydrogen) atoms. The van der Waals surface area contributed by atoms with Crippen molar-refractivity contribution in [3.63, 3.8) is 0 Å². The Morgan fingerprint density at radius 3 is 1.32 bits per heavy atom. The highest BCUT2D eigenvalue weighted by molar-refractivity contribution is 7.47. The van der Waals surface area contributed by atoms with Gasteiger partial charge in [-0.1, -0.05) is 231 Å². The van der Waals surface area contributed by atoms with Crippen LogP contribution in [0.15, 0.2) is 24.3 Å². The van der Waals surface area contributed by atoms with Crippen LogP contribution in [-0.2, 0) is 27.9 Å². The molecule has 0 aromatic carbocycles. The highest BCUT2D eigenvalue weighted by atomic mass is 31.2. The fourth-order valence-corrected chi connectivity index (χ4v) is 8.32. The van der Waals surface area contributed by atoms with Crippen molar-refractivity contribution in [2.45, 2.75) is 264 Å². The van der Waals surface area contributed by atoms with Gasteiger partial charge in [-0.25, -0.2) is 4.57 Å². The van der Waals surface area contributed by atoms with Crippen LogP contribution >= 0.6 is 7.82 Å². The Hall–Kier alpha value is -1.02. The van der Waals surface area contributed by atoms with Crippen molar-refractivity contribution in [1.82, 2.24) is 0 Å². The van der Waals surface area contributed by atoms with E-state index in [9.17, 15) is 14.3 Å². The minimum atomic E-state index is -4.28. The van der Waals surface area contributed by atoms with Gasteiger partial charge in [-0.15, -0.1) is 0 Å². The van der Waals surface area contributed by atoms with Crippen molar-refractivity contribution in [2.75, 3.05) is 33.0 Å². The van der Waals surface area contributed by atoms with Gasteiger partial charge in [-0.2, -0.15) is 0 Å². The molecule has 0 rings (SSSR count).